The monoisotopic (exact) mass is 342 g/mol. The van der Waals surface area contributed by atoms with E-state index in [-0.39, 0.29) is 4.90 Å². The summed E-state index contributed by atoms with van der Waals surface area (Å²) in [5.41, 5.74) is 6.44. The highest BCUT2D eigenvalue weighted by Crippen LogP contribution is 2.37. The highest BCUT2D eigenvalue weighted by atomic mass is 35.5. The minimum Gasteiger partial charge on any atom is -0.398 e. The minimum atomic E-state index is -3.50. The van der Waals surface area contributed by atoms with Crippen LogP contribution in [0.2, 0.25) is 5.02 Å². The molecule has 0 aliphatic carbocycles. The van der Waals surface area contributed by atoms with Crippen LogP contribution in [0, 0.1) is 0 Å². The molecule has 112 valence electrons. The van der Waals surface area contributed by atoms with Gasteiger partial charge >= 0.3 is 0 Å². The summed E-state index contributed by atoms with van der Waals surface area (Å²) in [5, 5.41) is 0.599. The summed E-state index contributed by atoms with van der Waals surface area (Å²) in [7, 11) is -3.50. The Morgan fingerprint density at radius 3 is 2.57 bits per heavy atom. The molecule has 2 aromatic carbocycles. The van der Waals surface area contributed by atoms with Crippen molar-refractivity contribution >= 4 is 39.1 Å². The van der Waals surface area contributed by atoms with Crippen LogP contribution in [0.15, 0.2) is 57.2 Å². The lowest BCUT2D eigenvalue weighted by molar-refractivity contribution is 0.583. The number of nitrogen functional groups attached to an aromatic ring is 1. The molecular formula is C14H15ClN2O2S2. The Balaban J connectivity index is 2.39. The van der Waals surface area contributed by atoms with E-state index in [0.717, 1.165) is 4.90 Å². The van der Waals surface area contributed by atoms with Crippen molar-refractivity contribution in [3.05, 3.63) is 47.5 Å². The predicted octanol–water partition coefficient (Wildman–Crippen LogP) is 3.37. The zero-order valence-electron chi connectivity index (χ0n) is 11.3. The fourth-order valence-corrected chi connectivity index (χ4v) is 4.00. The van der Waals surface area contributed by atoms with E-state index in [4.69, 9.17) is 17.3 Å². The van der Waals surface area contributed by atoms with Gasteiger partial charge in [0.2, 0.25) is 10.0 Å². The maximum Gasteiger partial charge on any atom is 0.240 e. The molecule has 7 heteroatoms. The third-order valence-corrected chi connectivity index (χ3v) is 5.82. The maximum absolute atomic E-state index is 12.0. The van der Waals surface area contributed by atoms with Gasteiger partial charge in [-0.25, -0.2) is 13.1 Å². The molecule has 0 radical (unpaired) electrons. The lowest BCUT2D eigenvalue weighted by atomic mass is 10.3. The highest BCUT2D eigenvalue weighted by Gasteiger charge is 2.15. The van der Waals surface area contributed by atoms with Crippen LogP contribution in [0.4, 0.5) is 5.69 Å². The van der Waals surface area contributed by atoms with Crippen molar-refractivity contribution < 1.29 is 8.42 Å². The van der Waals surface area contributed by atoms with E-state index in [1.807, 2.05) is 18.2 Å². The van der Waals surface area contributed by atoms with Crippen molar-refractivity contribution in [1.29, 1.82) is 0 Å². The summed E-state index contributed by atoms with van der Waals surface area (Å²) < 4.78 is 26.5. The number of hydrogen-bond acceptors (Lipinski definition) is 4. The Hall–Kier alpha value is -1.21. The summed E-state index contributed by atoms with van der Waals surface area (Å²) in [6, 6.07) is 12.0. The van der Waals surface area contributed by atoms with E-state index in [9.17, 15) is 8.42 Å². The van der Waals surface area contributed by atoms with Gasteiger partial charge in [-0.1, -0.05) is 42.4 Å². The molecule has 2 aromatic rings. The Bertz CT molecular complexity index is 748. The van der Waals surface area contributed by atoms with Gasteiger partial charge in [0.1, 0.15) is 0 Å². The third kappa shape index (κ3) is 3.91. The molecule has 0 unspecified atom stereocenters. The van der Waals surface area contributed by atoms with Gasteiger partial charge in [-0.3, -0.25) is 0 Å². The summed E-state index contributed by atoms with van der Waals surface area (Å²) in [5.74, 6) is 0. The quantitative estimate of drug-likeness (QED) is 0.817. The first-order valence-electron chi connectivity index (χ1n) is 6.25. The van der Waals surface area contributed by atoms with Gasteiger partial charge < -0.3 is 5.73 Å². The number of anilines is 1. The molecule has 0 aliphatic rings. The molecule has 0 aliphatic heterocycles. The van der Waals surface area contributed by atoms with E-state index >= 15 is 0 Å². The first-order chi connectivity index (χ1) is 9.94. The largest absolute Gasteiger partial charge is 0.398 e. The summed E-state index contributed by atoms with van der Waals surface area (Å²) >= 11 is 7.45. The molecule has 4 nitrogen and oxygen atoms in total. The van der Waals surface area contributed by atoms with Gasteiger partial charge in [0, 0.05) is 22.0 Å². The average Bonchev–Trinajstić information content (AvgIpc) is 2.43. The van der Waals surface area contributed by atoms with Crippen molar-refractivity contribution in [2.45, 2.75) is 21.6 Å². The zero-order valence-corrected chi connectivity index (χ0v) is 13.7. The second-order valence-corrected chi connectivity index (χ2v) is 7.49. The fourth-order valence-electron chi connectivity index (χ4n) is 1.69. The SMILES string of the molecule is CCNS(=O)(=O)c1ccc(N)c(Sc2ccccc2Cl)c1. The Morgan fingerprint density at radius 2 is 1.90 bits per heavy atom. The van der Waals surface area contributed by atoms with Gasteiger partial charge in [0.05, 0.1) is 9.92 Å². The summed E-state index contributed by atoms with van der Waals surface area (Å²) in [6.07, 6.45) is 0. The zero-order chi connectivity index (χ0) is 15.5. The second kappa shape index (κ2) is 6.70. The summed E-state index contributed by atoms with van der Waals surface area (Å²) in [6.45, 7) is 2.06. The topological polar surface area (TPSA) is 72.2 Å². The van der Waals surface area contributed by atoms with Gasteiger partial charge in [-0.2, -0.15) is 0 Å². The van der Waals surface area contributed by atoms with Gasteiger partial charge in [-0.15, -0.1) is 0 Å². The first-order valence-corrected chi connectivity index (χ1v) is 8.93. The molecule has 3 N–H and O–H groups in total. The van der Waals surface area contributed by atoms with E-state index in [0.29, 0.717) is 22.2 Å². The van der Waals surface area contributed by atoms with Crippen molar-refractivity contribution in [3.63, 3.8) is 0 Å². The molecule has 0 spiro atoms. The van der Waals surface area contributed by atoms with Crippen LogP contribution in [0.1, 0.15) is 6.92 Å². The van der Waals surface area contributed by atoms with Gasteiger partial charge in [0.15, 0.2) is 0 Å². The Morgan fingerprint density at radius 1 is 1.19 bits per heavy atom. The molecule has 0 atom stereocenters. The van der Waals surface area contributed by atoms with Crippen LogP contribution < -0.4 is 10.5 Å². The van der Waals surface area contributed by atoms with Gasteiger partial charge in [0.25, 0.3) is 0 Å². The average molecular weight is 343 g/mol. The second-order valence-electron chi connectivity index (χ2n) is 4.23. The van der Waals surface area contributed by atoms with Crippen molar-refractivity contribution in [3.8, 4) is 0 Å². The summed E-state index contributed by atoms with van der Waals surface area (Å²) in [4.78, 5) is 1.67. The smallest absolute Gasteiger partial charge is 0.240 e. The predicted molar refractivity (Wildman–Crippen MR) is 87.3 cm³/mol. The molecule has 2 rings (SSSR count). The molecule has 21 heavy (non-hydrogen) atoms. The Kier molecular flexibility index (Phi) is 5.16. The Labute approximate surface area is 133 Å². The third-order valence-electron chi connectivity index (χ3n) is 2.69. The van der Waals surface area contributed by atoms with Crippen LogP contribution in [0.3, 0.4) is 0 Å². The molecule has 0 saturated heterocycles. The van der Waals surface area contributed by atoms with Crippen molar-refractivity contribution in [1.82, 2.24) is 4.72 Å². The van der Waals surface area contributed by atoms with Crippen LogP contribution in [-0.2, 0) is 10.0 Å². The molecule has 0 bridgehead atoms. The van der Waals surface area contributed by atoms with Crippen molar-refractivity contribution in [2.75, 3.05) is 12.3 Å². The van der Waals surface area contributed by atoms with Crippen LogP contribution in [0.25, 0.3) is 0 Å². The van der Waals surface area contributed by atoms with E-state index in [2.05, 4.69) is 4.72 Å². The number of rotatable bonds is 5. The van der Waals surface area contributed by atoms with Crippen LogP contribution in [-0.4, -0.2) is 15.0 Å². The number of halogens is 1. The number of nitrogens with two attached hydrogens (primary N) is 1. The molecular weight excluding hydrogens is 328 g/mol. The fraction of sp³-hybridized carbons (Fsp3) is 0.143. The minimum absolute atomic E-state index is 0.188. The molecule has 0 heterocycles. The van der Waals surface area contributed by atoms with E-state index in [1.165, 1.54) is 17.8 Å². The molecule has 0 amide bonds. The number of nitrogens with one attached hydrogen (secondary N) is 1. The normalized spacial score (nSPS) is 11.5. The first kappa shape index (κ1) is 16.2. The van der Waals surface area contributed by atoms with E-state index < -0.39 is 10.0 Å². The number of hydrogen-bond donors (Lipinski definition) is 2. The highest BCUT2D eigenvalue weighted by molar-refractivity contribution is 7.99. The van der Waals surface area contributed by atoms with Crippen LogP contribution >= 0.6 is 23.4 Å². The molecule has 0 saturated carbocycles. The molecule has 0 aromatic heterocycles. The van der Waals surface area contributed by atoms with Crippen LogP contribution in [0.5, 0.6) is 0 Å². The van der Waals surface area contributed by atoms with Crippen molar-refractivity contribution in [2.24, 2.45) is 0 Å². The number of benzene rings is 2. The molecule has 0 fully saturated rings. The van der Waals surface area contributed by atoms with Gasteiger partial charge in [-0.05, 0) is 30.3 Å². The lowest BCUT2D eigenvalue weighted by Gasteiger charge is -2.10. The standard InChI is InChI=1S/C14H15ClN2O2S2/c1-2-17-21(18,19)10-7-8-12(16)14(9-10)20-13-6-4-3-5-11(13)15/h3-9,17H,2,16H2,1H3. The maximum atomic E-state index is 12.0. The van der Waals surface area contributed by atoms with E-state index in [1.54, 1.807) is 25.1 Å². The lowest BCUT2D eigenvalue weighted by Crippen LogP contribution is -2.23. The number of sulfonamides is 1.